The van der Waals surface area contributed by atoms with Gasteiger partial charge in [0.1, 0.15) is 17.9 Å². The second-order valence-electron chi connectivity index (χ2n) is 8.89. The molecular weight excluding hydrogens is 402 g/mol. The van der Waals surface area contributed by atoms with Crippen molar-refractivity contribution in [3.63, 3.8) is 0 Å². The molecule has 1 aliphatic rings. The molecule has 7 nitrogen and oxygen atoms in total. The van der Waals surface area contributed by atoms with Crippen molar-refractivity contribution in [3.05, 3.63) is 65.9 Å². The number of aromatic nitrogens is 3. The Morgan fingerprint density at radius 3 is 2.72 bits per heavy atom. The second kappa shape index (κ2) is 8.57. The second-order valence-corrected chi connectivity index (χ2v) is 8.89. The van der Waals surface area contributed by atoms with Crippen molar-refractivity contribution in [1.82, 2.24) is 19.9 Å². The third kappa shape index (κ3) is 4.42. The molecule has 0 unspecified atom stereocenters. The Morgan fingerprint density at radius 1 is 1.16 bits per heavy atom. The Kier molecular flexibility index (Phi) is 5.82. The van der Waals surface area contributed by atoms with Gasteiger partial charge in [0.15, 0.2) is 5.60 Å². The van der Waals surface area contributed by atoms with Gasteiger partial charge in [0.25, 0.3) is 5.91 Å². The van der Waals surface area contributed by atoms with E-state index in [0.29, 0.717) is 24.7 Å². The average molecular weight is 432 g/mol. The molecule has 7 heteroatoms. The largest absolute Gasteiger partial charge is 0.478 e. The monoisotopic (exact) mass is 431 g/mol. The average Bonchev–Trinajstić information content (AvgIpc) is 3.25. The Balaban J connectivity index is 1.51. The van der Waals surface area contributed by atoms with Gasteiger partial charge in [0, 0.05) is 37.0 Å². The molecule has 1 aromatic carbocycles. The SMILES string of the molecule is Cc1ccc(OC(C)(C)C(=O)N2CC[C@H](c3ncncc3-c3ccnc(N)c3)C2)cc1C. The van der Waals surface area contributed by atoms with Gasteiger partial charge in [-0.1, -0.05) is 6.07 Å². The predicted molar refractivity (Wildman–Crippen MR) is 124 cm³/mol. The molecule has 2 aromatic heterocycles. The number of rotatable bonds is 5. The van der Waals surface area contributed by atoms with Gasteiger partial charge >= 0.3 is 0 Å². The lowest BCUT2D eigenvalue weighted by Gasteiger charge is -2.30. The number of anilines is 1. The number of nitrogen functional groups attached to an aromatic ring is 1. The van der Waals surface area contributed by atoms with Crippen LogP contribution in [0.3, 0.4) is 0 Å². The third-order valence-corrected chi connectivity index (χ3v) is 6.06. The fraction of sp³-hybridized carbons (Fsp3) is 0.360. The van der Waals surface area contributed by atoms with Crippen molar-refractivity contribution < 1.29 is 9.53 Å². The Morgan fingerprint density at radius 2 is 1.97 bits per heavy atom. The highest BCUT2D eigenvalue weighted by atomic mass is 16.5. The van der Waals surface area contributed by atoms with Crippen molar-refractivity contribution in [2.75, 3.05) is 18.8 Å². The number of hydrogen-bond donors (Lipinski definition) is 1. The highest BCUT2D eigenvalue weighted by molar-refractivity contribution is 5.85. The number of carbonyl (C=O) groups is 1. The quantitative estimate of drug-likeness (QED) is 0.658. The molecule has 0 aliphatic carbocycles. The van der Waals surface area contributed by atoms with Crippen molar-refractivity contribution in [3.8, 4) is 16.9 Å². The fourth-order valence-electron chi connectivity index (χ4n) is 4.17. The van der Waals surface area contributed by atoms with E-state index in [9.17, 15) is 4.79 Å². The first-order chi connectivity index (χ1) is 15.2. The van der Waals surface area contributed by atoms with Gasteiger partial charge in [-0.05, 0) is 75.1 Å². The smallest absolute Gasteiger partial charge is 0.266 e. The highest BCUT2D eigenvalue weighted by Gasteiger charge is 2.39. The third-order valence-electron chi connectivity index (χ3n) is 6.06. The normalized spacial score (nSPS) is 16.2. The fourth-order valence-corrected chi connectivity index (χ4v) is 4.17. The standard InChI is InChI=1S/C25H29N5O2/c1-16-5-6-20(11-17(16)2)32-25(3,4)24(31)30-10-8-19(14-30)23-21(13-27-15-29-23)18-7-9-28-22(26)12-18/h5-7,9,11-13,15,19H,8,10,14H2,1-4H3,(H2,26,28)/t19-/m0/s1. The summed E-state index contributed by atoms with van der Waals surface area (Å²) in [6.45, 7) is 9.00. The molecule has 0 radical (unpaired) electrons. The predicted octanol–water partition coefficient (Wildman–Crippen LogP) is 3.91. The Hall–Kier alpha value is -3.48. The minimum Gasteiger partial charge on any atom is -0.478 e. The number of benzene rings is 1. The first-order valence-electron chi connectivity index (χ1n) is 10.8. The summed E-state index contributed by atoms with van der Waals surface area (Å²) in [5.74, 6) is 1.24. The zero-order valence-corrected chi connectivity index (χ0v) is 19.0. The summed E-state index contributed by atoms with van der Waals surface area (Å²) in [6, 6.07) is 9.62. The van der Waals surface area contributed by atoms with Gasteiger partial charge in [-0.2, -0.15) is 0 Å². The number of nitrogens with two attached hydrogens (primary N) is 1. The van der Waals surface area contributed by atoms with E-state index in [1.165, 1.54) is 5.56 Å². The number of carbonyl (C=O) groups excluding carboxylic acids is 1. The first kappa shape index (κ1) is 21.7. The molecule has 166 valence electrons. The Labute approximate surface area is 188 Å². The summed E-state index contributed by atoms with van der Waals surface area (Å²) in [7, 11) is 0. The highest BCUT2D eigenvalue weighted by Crippen LogP contribution is 2.34. The van der Waals surface area contributed by atoms with Crippen LogP contribution in [0.5, 0.6) is 5.75 Å². The number of ether oxygens (including phenoxy) is 1. The summed E-state index contributed by atoms with van der Waals surface area (Å²) in [5.41, 5.74) is 10.0. The van der Waals surface area contributed by atoms with E-state index in [1.807, 2.05) is 56.0 Å². The molecule has 4 rings (SSSR count). The lowest BCUT2D eigenvalue weighted by atomic mass is 9.96. The molecule has 3 aromatic rings. The number of amides is 1. The molecule has 2 N–H and O–H groups in total. The molecule has 3 heterocycles. The topological polar surface area (TPSA) is 94.2 Å². The molecule has 0 bridgehead atoms. The van der Waals surface area contributed by atoms with Gasteiger partial charge in [0.05, 0.1) is 5.69 Å². The van der Waals surface area contributed by atoms with Crippen molar-refractivity contribution in [2.45, 2.75) is 45.6 Å². The Bertz CT molecular complexity index is 1140. The van der Waals surface area contributed by atoms with Crippen molar-refractivity contribution in [1.29, 1.82) is 0 Å². The number of likely N-dealkylation sites (tertiary alicyclic amines) is 1. The maximum Gasteiger partial charge on any atom is 0.266 e. The van der Waals surface area contributed by atoms with Crippen LogP contribution in [0.2, 0.25) is 0 Å². The van der Waals surface area contributed by atoms with Crippen LogP contribution in [0.4, 0.5) is 5.82 Å². The number of hydrogen-bond acceptors (Lipinski definition) is 6. The minimum atomic E-state index is -0.968. The first-order valence-corrected chi connectivity index (χ1v) is 10.8. The molecule has 1 atom stereocenters. The molecule has 1 amide bonds. The summed E-state index contributed by atoms with van der Waals surface area (Å²) in [5, 5.41) is 0. The van der Waals surface area contributed by atoms with Crippen LogP contribution in [0.25, 0.3) is 11.1 Å². The van der Waals surface area contributed by atoms with E-state index >= 15 is 0 Å². The van der Waals surface area contributed by atoms with Gasteiger partial charge in [-0.25, -0.2) is 15.0 Å². The maximum atomic E-state index is 13.3. The number of nitrogens with zero attached hydrogens (tertiary/aromatic N) is 4. The summed E-state index contributed by atoms with van der Waals surface area (Å²) in [6.07, 6.45) is 5.86. The van der Waals surface area contributed by atoms with Crippen LogP contribution < -0.4 is 10.5 Å². The molecular formula is C25H29N5O2. The molecule has 0 saturated carbocycles. The van der Waals surface area contributed by atoms with Gasteiger partial charge < -0.3 is 15.4 Å². The van der Waals surface area contributed by atoms with Crippen molar-refractivity contribution >= 4 is 11.7 Å². The lowest BCUT2D eigenvalue weighted by molar-refractivity contribution is -0.144. The van der Waals surface area contributed by atoms with E-state index in [0.717, 1.165) is 28.8 Å². The molecule has 1 saturated heterocycles. The van der Waals surface area contributed by atoms with E-state index in [2.05, 4.69) is 21.9 Å². The van der Waals surface area contributed by atoms with E-state index in [1.54, 1.807) is 18.7 Å². The summed E-state index contributed by atoms with van der Waals surface area (Å²) < 4.78 is 6.12. The number of pyridine rings is 1. The van der Waals surface area contributed by atoms with Gasteiger partial charge in [0.2, 0.25) is 0 Å². The van der Waals surface area contributed by atoms with Crippen LogP contribution in [0, 0.1) is 13.8 Å². The molecule has 1 fully saturated rings. The molecule has 1 aliphatic heterocycles. The van der Waals surface area contributed by atoms with Crippen LogP contribution >= 0.6 is 0 Å². The van der Waals surface area contributed by atoms with E-state index in [-0.39, 0.29) is 11.8 Å². The summed E-state index contributed by atoms with van der Waals surface area (Å²) >= 11 is 0. The lowest BCUT2D eigenvalue weighted by Crippen LogP contribution is -2.48. The van der Waals surface area contributed by atoms with Crippen LogP contribution in [-0.2, 0) is 4.79 Å². The van der Waals surface area contributed by atoms with Gasteiger partial charge in [-0.15, -0.1) is 0 Å². The van der Waals surface area contributed by atoms with Gasteiger partial charge in [-0.3, -0.25) is 4.79 Å². The number of aryl methyl sites for hydroxylation is 2. The molecule has 0 spiro atoms. The van der Waals surface area contributed by atoms with Crippen LogP contribution in [-0.4, -0.2) is 44.4 Å². The van der Waals surface area contributed by atoms with Crippen LogP contribution in [0.15, 0.2) is 49.1 Å². The van der Waals surface area contributed by atoms with Crippen LogP contribution in [0.1, 0.15) is 43.0 Å². The summed E-state index contributed by atoms with van der Waals surface area (Å²) in [4.78, 5) is 28.1. The van der Waals surface area contributed by atoms with E-state index in [4.69, 9.17) is 10.5 Å². The van der Waals surface area contributed by atoms with E-state index < -0.39 is 5.60 Å². The van der Waals surface area contributed by atoms with Crippen molar-refractivity contribution in [2.24, 2.45) is 0 Å². The molecule has 32 heavy (non-hydrogen) atoms. The zero-order valence-electron chi connectivity index (χ0n) is 19.0. The maximum absolute atomic E-state index is 13.3. The minimum absolute atomic E-state index is 0.0259. The zero-order chi connectivity index (χ0) is 22.9.